The number of nitrogens with zero attached hydrogens (tertiary/aromatic N) is 3. The van der Waals surface area contributed by atoms with Crippen LogP contribution in [0.15, 0.2) is 35.3 Å². The number of nitrogens with one attached hydrogen (secondary N) is 2. The van der Waals surface area contributed by atoms with Crippen LogP contribution in [0.25, 0.3) is 0 Å². The number of likely N-dealkylation sites (tertiary alicyclic amines) is 1. The van der Waals surface area contributed by atoms with Crippen molar-refractivity contribution in [1.82, 2.24) is 20.4 Å². The first-order chi connectivity index (χ1) is 13.0. The molecule has 2 rings (SSSR count). The van der Waals surface area contributed by atoms with E-state index in [0.29, 0.717) is 18.6 Å². The number of amides is 1. The van der Waals surface area contributed by atoms with Gasteiger partial charge >= 0.3 is 0 Å². The molecule has 0 bridgehead atoms. The van der Waals surface area contributed by atoms with Gasteiger partial charge in [-0.3, -0.25) is 19.6 Å². The Labute approximate surface area is 186 Å². The van der Waals surface area contributed by atoms with Crippen LogP contribution in [0, 0.1) is 0 Å². The van der Waals surface area contributed by atoms with Crippen LogP contribution in [0.1, 0.15) is 25.3 Å². The number of halogens is 1. The Morgan fingerprint density at radius 1 is 1.32 bits per heavy atom. The molecule has 1 aliphatic heterocycles. The van der Waals surface area contributed by atoms with Crippen molar-refractivity contribution < 1.29 is 4.79 Å². The van der Waals surface area contributed by atoms with Crippen LogP contribution in [-0.2, 0) is 11.3 Å². The summed E-state index contributed by atoms with van der Waals surface area (Å²) in [5.41, 5.74) is 6.59. The Kier molecular flexibility index (Phi) is 11.4. The molecule has 1 amide bonds. The number of likely N-dealkylation sites (N-methyl/N-ethyl adjacent to an activating group) is 1. The van der Waals surface area contributed by atoms with Crippen LogP contribution in [0.5, 0.6) is 0 Å². The number of piperidine rings is 1. The normalized spacial score (nSPS) is 17.1. The Hall–Kier alpha value is -1.39. The number of aliphatic imine (C=N–C) groups is 1. The molecule has 1 fully saturated rings. The number of hydrogen-bond donors (Lipinski definition) is 3. The maximum absolute atomic E-state index is 11.0. The second-order valence-corrected chi connectivity index (χ2v) is 7.36. The zero-order chi connectivity index (χ0) is 19.6. The summed E-state index contributed by atoms with van der Waals surface area (Å²) in [6, 6.07) is 11.3. The Morgan fingerprint density at radius 3 is 2.54 bits per heavy atom. The summed E-state index contributed by atoms with van der Waals surface area (Å²) in [6.45, 7) is 6.08. The number of carbonyl (C=O) groups is 1. The Bertz CT molecular complexity index is 604. The highest BCUT2D eigenvalue weighted by atomic mass is 127. The molecule has 1 unspecified atom stereocenters. The SMILES string of the molecule is CN=C(NCC(C)N(C)Cc1ccccc1)NC1CCN(CC(N)=O)CC1.I. The number of benzene rings is 1. The summed E-state index contributed by atoms with van der Waals surface area (Å²) < 4.78 is 0. The predicted octanol–water partition coefficient (Wildman–Crippen LogP) is 1.24. The monoisotopic (exact) mass is 502 g/mol. The van der Waals surface area contributed by atoms with E-state index >= 15 is 0 Å². The summed E-state index contributed by atoms with van der Waals surface area (Å²) in [5, 5.41) is 6.94. The van der Waals surface area contributed by atoms with Crippen molar-refractivity contribution in [1.29, 1.82) is 0 Å². The van der Waals surface area contributed by atoms with Gasteiger partial charge in [0.25, 0.3) is 0 Å². The van der Waals surface area contributed by atoms with Gasteiger partial charge in [-0.2, -0.15) is 0 Å². The molecule has 28 heavy (non-hydrogen) atoms. The summed E-state index contributed by atoms with van der Waals surface area (Å²) in [5.74, 6) is 0.579. The van der Waals surface area contributed by atoms with Crippen molar-refractivity contribution in [3.63, 3.8) is 0 Å². The molecule has 1 aromatic rings. The van der Waals surface area contributed by atoms with Crippen LogP contribution in [0.4, 0.5) is 0 Å². The lowest BCUT2D eigenvalue weighted by Crippen LogP contribution is -2.51. The Balaban J connectivity index is 0.00000392. The van der Waals surface area contributed by atoms with Gasteiger partial charge < -0.3 is 16.4 Å². The predicted molar refractivity (Wildman–Crippen MR) is 126 cm³/mol. The van der Waals surface area contributed by atoms with E-state index in [-0.39, 0.29) is 29.9 Å². The van der Waals surface area contributed by atoms with E-state index < -0.39 is 0 Å². The second kappa shape index (κ2) is 12.9. The minimum atomic E-state index is -0.257. The first-order valence-corrected chi connectivity index (χ1v) is 9.70. The third kappa shape index (κ3) is 8.74. The van der Waals surface area contributed by atoms with E-state index in [0.717, 1.165) is 45.0 Å². The molecule has 0 radical (unpaired) electrons. The summed E-state index contributed by atoms with van der Waals surface area (Å²) in [6.07, 6.45) is 1.97. The van der Waals surface area contributed by atoms with Crippen LogP contribution in [0.3, 0.4) is 0 Å². The Morgan fingerprint density at radius 2 is 1.96 bits per heavy atom. The molecule has 158 valence electrons. The molecule has 0 spiro atoms. The lowest BCUT2D eigenvalue weighted by Gasteiger charge is -2.32. The van der Waals surface area contributed by atoms with Gasteiger partial charge in [0, 0.05) is 45.3 Å². The van der Waals surface area contributed by atoms with E-state index in [1.54, 1.807) is 7.05 Å². The topological polar surface area (TPSA) is 86.0 Å². The molecular weight excluding hydrogens is 467 g/mol. The third-order valence-corrected chi connectivity index (χ3v) is 5.12. The number of rotatable bonds is 8. The number of guanidine groups is 1. The number of nitrogens with two attached hydrogens (primary N) is 1. The quantitative estimate of drug-likeness (QED) is 0.283. The minimum absolute atomic E-state index is 0. The van der Waals surface area contributed by atoms with E-state index in [4.69, 9.17) is 5.73 Å². The highest BCUT2D eigenvalue weighted by molar-refractivity contribution is 14.0. The minimum Gasteiger partial charge on any atom is -0.369 e. The fourth-order valence-corrected chi connectivity index (χ4v) is 3.27. The van der Waals surface area contributed by atoms with Gasteiger partial charge in [-0.1, -0.05) is 30.3 Å². The number of hydrogen-bond acceptors (Lipinski definition) is 4. The molecule has 8 heteroatoms. The van der Waals surface area contributed by atoms with Crippen molar-refractivity contribution in [2.24, 2.45) is 10.7 Å². The lowest BCUT2D eigenvalue weighted by atomic mass is 10.1. The number of carbonyl (C=O) groups excluding carboxylic acids is 1. The van der Waals surface area contributed by atoms with Gasteiger partial charge in [0.05, 0.1) is 6.54 Å². The smallest absolute Gasteiger partial charge is 0.231 e. The third-order valence-electron chi connectivity index (χ3n) is 5.12. The molecule has 1 saturated heterocycles. The van der Waals surface area contributed by atoms with Gasteiger partial charge in [0.2, 0.25) is 5.91 Å². The summed E-state index contributed by atoms with van der Waals surface area (Å²) in [4.78, 5) is 19.8. The first kappa shape index (κ1) is 24.6. The number of primary amides is 1. The fraction of sp³-hybridized carbons (Fsp3) is 0.600. The van der Waals surface area contributed by atoms with Crippen LogP contribution >= 0.6 is 24.0 Å². The summed E-state index contributed by atoms with van der Waals surface area (Å²) >= 11 is 0. The van der Waals surface area contributed by atoms with E-state index in [9.17, 15) is 4.79 Å². The van der Waals surface area contributed by atoms with Crippen LogP contribution in [0.2, 0.25) is 0 Å². The molecule has 0 aliphatic carbocycles. The van der Waals surface area contributed by atoms with E-state index in [2.05, 4.69) is 63.7 Å². The maximum Gasteiger partial charge on any atom is 0.231 e. The van der Waals surface area contributed by atoms with Gasteiger partial charge in [-0.25, -0.2) is 0 Å². The molecule has 1 atom stereocenters. The average Bonchev–Trinajstić information content (AvgIpc) is 2.66. The van der Waals surface area contributed by atoms with Crippen LogP contribution in [-0.4, -0.2) is 74.0 Å². The zero-order valence-corrected chi connectivity index (χ0v) is 19.6. The molecule has 1 heterocycles. The second-order valence-electron chi connectivity index (χ2n) is 7.36. The zero-order valence-electron chi connectivity index (χ0n) is 17.2. The van der Waals surface area contributed by atoms with Crippen molar-refractivity contribution in [2.75, 3.05) is 40.3 Å². The standard InChI is InChI=1S/C20H34N6O.HI/c1-16(25(3)14-17-7-5-4-6-8-17)13-23-20(22-2)24-18-9-11-26(12-10-18)15-19(21)27;/h4-8,16,18H,9-15H2,1-3H3,(H2,21,27)(H2,22,23,24);1H. The van der Waals surface area contributed by atoms with Gasteiger partial charge in [-0.05, 0) is 32.4 Å². The lowest BCUT2D eigenvalue weighted by molar-refractivity contribution is -0.119. The van der Waals surface area contributed by atoms with Crippen molar-refractivity contribution in [2.45, 2.75) is 38.4 Å². The van der Waals surface area contributed by atoms with Gasteiger partial charge in [0.1, 0.15) is 0 Å². The van der Waals surface area contributed by atoms with Crippen molar-refractivity contribution in [3.8, 4) is 0 Å². The largest absolute Gasteiger partial charge is 0.369 e. The van der Waals surface area contributed by atoms with E-state index in [1.165, 1.54) is 5.56 Å². The van der Waals surface area contributed by atoms with Crippen LogP contribution < -0.4 is 16.4 Å². The molecular formula is C20H35IN6O. The highest BCUT2D eigenvalue weighted by Crippen LogP contribution is 2.10. The molecule has 1 aromatic carbocycles. The maximum atomic E-state index is 11.0. The van der Waals surface area contributed by atoms with E-state index in [1.807, 2.05) is 6.07 Å². The highest BCUT2D eigenvalue weighted by Gasteiger charge is 2.21. The summed E-state index contributed by atoms with van der Waals surface area (Å²) in [7, 11) is 3.94. The average molecular weight is 502 g/mol. The molecule has 0 saturated carbocycles. The van der Waals surface area contributed by atoms with Gasteiger partial charge in [-0.15, -0.1) is 24.0 Å². The molecule has 4 N–H and O–H groups in total. The van der Waals surface area contributed by atoms with Crippen molar-refractivity contribution >= 4 is 35.8 Å². The first-order valence-electron chi connectivity index (χ1n) is 9.70. The molecule has 1 aliphatic rings. The molecule has 7 nitrogen and oxygen atoms in total. The fourth-order valence-electron chi connectivity index (χ4n) is 3.27. The van der Waals surface area contributed by atoms with Crippen molar-refractivity contribution in [3.05, 3.63) is 35.9 Å². The van der Waals surface area contributed by atoms with Gasteiger partial charge in [0.15, 0.2) is 5.96 Å². The molecule has 0 aromatic heterocycles.